The lowest BCUT2D eigenvalue weighted by molar-refractivity contribution is 0.207. The highest BCUT2D eigenvalue weighted by atomic mass is 79.9. The summed E-state index contributed by atoms with van der Waals surface area (Å²) in [6, 6.07) is 2.71. The summed E-state index contributed by atoms with van der Waals surface area (Å²) in [6.45, 7) is 5.53. The molecule has 1 aromatic heterocycles. The topological polar surface area (TPSA) is 29.3 Å². The zero-order valence-electron chi connectivity index (χ0n) is 9.00. The minimum Gasteiger partial charge on any atom is -0.328 e. The lowest BCUT2D eigenvalue weighted by atomic mass is 10.1. The van der Waals surface area contributed by atoms with Crippen LogP contribution in [-0.4, -0.2) is 24.0 Å². The van der Waals surface area contributed by atoms with E-state index in [4.69, 9.17) is 5.73 Å². The minimum atomic E-state index is 0.429. The van der Waals surface area contributed by atoms with E-state index in [1.165, 1.54) is 14.2 Å². The molecule has 1 fully saturated rings. The summed E-state index contributed by atoms with van der Waals surface area (Å²) in [5.74, 6) is 0. The molecule has 0 spiro atoms. The molecule has 0 aromatic carbocycles. The molecule has 0 bridgehead atoms. The molecule has 0 atom stereocenters. The van der Waals surface area contributed by atoms with Gasteiger partial charge in [0.1, 0.15) is 0 Å². The molecule has 0 unspecified atom stereocenters. The lowest BCUT2D eigenvalue weighted by Gasteiger charge is -2.29. The van der Waals surface area contributed by atoms with Crippen LogP contribution in [0.5, 0.6) is 0 Å². The number of rotatable bonds is 2. The van der Waals surface area contributed by atoms with Gasteiger partial charge in [0, 0.05) is 17.5 Å². The maximum Gasteiger partial charge on any atom is 0.0730 e. The first kappa shape index (κ1) is 11.6. The van der Waals surface area contributed by atoms with Gasteiger partial charge in [-0.3, -0.25) is 4.90 Å². The highest BCUT2D eigenvalue weighted by Gasteiger charge is 2.16. The average molecular weight is 289 g/mol. The van der Waals surface area contributed by atoms with Crippen molar-refractivity contribution in [3.8, 4) is 0 Å². The van der Waals surface area contributed by atoms with Gasteiger partial charge in [-0.05, 0) is 60.4 Å². The first-order valence-electron chi connectivity index (χ1n) is 5.38. The predicted octanol–water partition coefficient (Wildman–Crippen LogP) is 2.74. The van der Waals surface area contributed by atoms with Gasteiger partial charge in [0.25, 0.3) is 0 Å². The molecule has 2 N–H and O–H groups in total. The number of likely N-dealkylation sites (tertiary alicyclic amines) is 1. The van der Waals surface area contributed by atoms with E-state index in [1.807, 2.05) is 11.3 Å². The lowest BCUT2D eigenvalue weighted by Crippen LogP contribution is -2.39. The van der Waals surface area contributed by atoms with Gasteiger partial charge < -0.3 is 5.73 Å². The van der Waals surface area contributed by atoms with Crippen molar-refractivity contribution in [2.75, 3.05) is 13.1 Å². The van der Waals surface area contributed by atoms with E-state index in [0.29, 0.717) is 6.04 Å². The van der Waals surface area contributed by atoms with Gasteiger partial charge in [0.05, 0.1) is 3.79 Å². The Bertz CT molecular complexity index is 310. The van der Waals surface area contributed by atoms with Gasteiger partial charge in [0.2, 0.25) is 0 Å². The van der Waals surface area contributed by atoms with E-state index in [9.17, 15) is 0 Å². The van der Waals surface area contributed by atoms with Gasteiger partial charge in [-0.1, -0.05) is 0 Å². The van der Waals surface area contributed by atoms with Crippen molar-refractivity contribution in [2.45, 2.75) is 32.4 Å². The van der Waals surface area contributed by atoms with Gasteiger partial charge in [-0.25, -0.2) is 0 Å². The molecule has 1 aromatic rings. The third-order valence-corrected chi connectivity index (χ3v) is 5.04. The largest absolute Gasteiger partial charge is 0.328 e. The van der Waals surface area contributed by atoms with Crippen molar-refractivity contribution in [2.24, 2.45) is 5.73 Å². The summed E-state index contributed by atoms with van der Waals surface area (Å²) < 4.78 is 1.27. The van der Waals surface area contributed by atoms with Crippen LogP contribution in [0.2, 0.25) is 0 Å². The number of nitrogens with zero attached hydrogens (tertiary/aromatic N) is 1. The third kappa shape index (κ3) is 3.03. The number of hydrogen-bond acceptors (Lipinski definition) is 3. The zero-order chi connectivity index (χ0) is 10.8. The second-order valence-corrected chi connectivity index (χ2v) is 6.74. The van der Waals surface area contributed by atoms with Gasteiger partial charge in [-0.2, -0.15) is 0 Å². The molecular weight excluding hydrogens is 272 g/mol. The summed E-state index contributed by atoms with van der Waals surface area (Å²) in [5, 5.41) is 0. The SMILES string of the molecule is Cc1cc(CN2CCC(N)CC2)sc1Br. The van der Waals surface area contributed by atoms with E-state index < -0.39 is 0 Å². The minimum absolute atomic E-state index is 0.429. The Kier molecular flexibility index (Phi) is 3.83. The number of thiophene rings is 1. The molecule has 0 radical (unpaired) electrons. The molecule has 0 amide bonds. The summed E-state index contributed by atoms with van der Waals surface area (Å²) in [5.41, 5.74) is 7.24. The Morgan fingerprint density at radius 2 is 2.20 bits per heavy atom. The van der Waals surface area contributed by atoms with Crippen LogP contribution in [0.4, 0.5) is 0 Å². The first-order chi connectivity index (χ1) is 7.15. The maximum absolute atomic E-state index is 5.89. The molecule has 1 saturated heterocycles. The number of nitrogens with two attached hydrogens (primary N) is 1. The molecular formula is C11H17BrN2S. The van der Waals surface area contributed by atoms with Gasteiger partial charge >= 0.3 is 0 Å². The van der Waals surface area contributed by atoms with Crippen LogP contribution in [0.1, 0.15) is 23.3 Å². The van der Waals surface area contributed by atoms with Crippen LogP contribution in [0.25, 0.3) is 0 Å². The molecule has 2 rings (SSSR count). The summed E-state index contributed by atoms with van der Waals surface area (Å²) in [4.78, 5) is 3.95. The van der Waals surface area contributed by atoms with Gasteiger partial charge in [-0.15, -0.1) is 11.3 Å². The van der Waals surface area contributed by atoms with Crippen molar-refractivity contribution < 1.29 is 0 Å². The quantitative estimate of drug-likeness (QED) is 0.907. The van der Waals surface area contributed by atoms with Crippen LogP contribution in [0.3, 0.4) is 0 Å². The Balaban J connectivity index is 1.91. The molecule has 0 saturated carbocycles. The number of hydrogen-bond donors (Lipinski definition) is 1. The smallest absolute Gasteiger partial charge is 0.0730 e. The molecule has 15 heavy (non-hydrogen) atoms. The third-order valence-electron chi connectivity index (χ3n) is 2.92. The van der Waals surface area contributed by atoms with E-state index in [0.717, 1.165) is 32.5 Å². The van der Waals surface area contributed by atoms with Crippen LogP contribution >= 0.6 is 27.3 Å². The monoisotopic (exact) mass is 288 g/mol. The standard InChI is InChI=1S/C11H17BrN2S/c1-8-6-10(15-11(8)12)7-14-4-2-9(13)3-5-14/h6,9H,2-5,7,13H2,1H3. The average Bonchev–Trinajstić information content (AvgIpc) is 2.50. The van der Waals surface area contributed by atoms with Crippen molar-refractivity contribution in [3.05, 3.63) is 20.3 Å². The molecule has 2 nitrogen and oxygen atoms in total. The highest BCUT2D eigenvalue weighted by Crippen LogP contribution is 2.28. The fourth-order valence-electron chi connectivity index (χ4n) is 1.93. The summed E-state index contributed by atoms with van der Waals surface area (Å²) >= 11 is 5.42. The molecule has 1 aliphatic heterocycles. The second-order valence-electron chi connectivity index (χ2n) is 4.28. The first-order valence-corrected chi connectivity index (χ1v) is 6.99. The Labute approximate surface area is 104 Å². The summed E-state index contributed by atoms with van der Waals surface area (Å²) in [6.07, 6.45) is 2.29. The molecule has 2 heterocycles. The molecule has 4 heteroatoms. The van der Waals surface area contributed by atoms with Crippen LogP contribution in [0, 0.1) is 6.92 Å². The van der Waals surface area contributed by atoms with Crippen molar-refractivity contribution in [3.63, 3.8) is 0 Å². The molecule has 1 aliphatic rings. The fourth-order valence-corrected chi connectivity index (χ4v) is 3.60. The number of piperidine rings is 1. The predicted molar refractivity (Wildman–Crippen MR) is 69.2 cm³/mol. The van der Waals surface area contributed by atoms with Crippen LogP contribution in [-0.2, 0) is 6.54 Å². The normalized spacial score (nSPS) is 19.7. The Hall–Kier alpha value is 0.100. The van der Waals surface area contributed by atoms with E-state index in [1.54, 1.807) is 0 Å². The fraction of sp³-hybridized carbons (Fsp3) is 0.636. The van der Waals surface area contributed by atoms with Crippen molar-refractivity contribution in [1.82, 2.24) is 4.90 Å². The number of halogens is 1. The summed E-state index contributed by atoms with van der Waals surface area (Å²) in [7, 11) is 0. The van der Waals surface area contributed by atoms with Crippen LogP contribution < -0.4 is 5.73 Å². The van der Waals surface area contributed by atoms with Crippen LogP contribution in [0.15, 0.2) is 9.85 Å². The highest BCUT2D eigenvalue weighted by molar-refractivity contribution is 9.11. The van der Waals surface area contributed by atoms with E-state index in [-0.39, 0.29) is 0 Å². The van der Waals surface area contributed by atoms with E-state index >= 15 is 0 Å². The van der Waals surface area contributed by atoms with E-state index in [2.05, 4.69) is 33.8 Å². The van der Waals surface area contributed by atoms with Crippen molar-refractivity contribution in [1.29, 1.82) is 0 Å². The van der Waals surface area contributed by atoms with Crippen molar-refractivity contribution >= 4 is 27.3 Å². The maximum atomic E-state index is 5.89. The zero-order valence-corrected chi connectivity index (χ0v) is 11.4. The second kappa shape index (κ2) is 4.95. The Morgan fingerprint density at radius 3 is 2.73 bits per heavy atom. The number of aryl methyl sites for hydroxylation is 1. The molecule has 84 valence electrons. The van der Waals surface area contributed by atoms with Gasteiger partial charge in [0.15, 0.2) is 0 Å². The Morgan fingerprint density at radius 1 is 1.53 bits per heavy atom. The molecule has 0 aliphatic carbocycles.